The Balaban J connectivity index is 0.935. The molecule has 6 atom stereocenters. The lowest BCUT2D eigenvalue weighted by molar-refractivity contribution is -0.0541. The maximum atomic E-state index is 13.9. The van der Waals surface area contributed by atoms with Crippen LogP contribution in [0.1, 0.15) is 70.9 Å². The summed E-state index contributed by atoms with van der Waals surface area (Å²) in [5, 5.41) is 23.1. The van der Waals surface area contributed by atoms with E-state index in [0.717, 1.165) is 123 Å². The SMILES string of the molecule is Nc1nc(=O)n([C@@H]2O[C@H](COP(=O)(O)OP(=O)(O)OP(=O)(O)O)[C@@H](O)[C@H]2O)cc1C#CCNS(=O)(=O)c1ccc(C2=c3cc4c5c(c3Oc3c2cc2c6c3CCCN6CCC2)CCC[N+]=5CCC4)c(S(=O)(=O)O)c1. The molecule has 3 aromatic carbocycles. The van der Waals surface area contributed by atoms with Crippen LogP contribution in [0.15, 0.2) is 51.1 Å². The van der Waals surface area contributed by atoms with E-state index in [0.29, 0.717) is 32.4 Å². The molecule has 0 radical (unpaired) electrons. The Morgan fingerprint density at radius 3 is 2.30 bits per heavy atom. The number of aliphatic hydroxyl groups excluding tert-OH is 2. The molecule has 6 aliphatic rings. The molecule has 0 amide bonds. The normalized spacial score (nSPS) is 22.8. The minimum Gasteiger partial charge on any atom is -0.455 e. The number of nitrogens with one attached hydrogen (secondary N) is 1. The number of sulfonamides is 1. The van der Waals surface area contributed by atoms with E-state index in [1.54, 1.807) is 0 Å². The van der Waals surface area contributed by atoms with Gasteiger partial charge in [-0.1, -0.05) is 17.9 Å². The Kier molecular flexibility index (Phi) is 13.8. The number of anilines is 2. The van der Waals surface area contributed by atoms with Gasteiger partial charge < -0.3 is 49.9 Å². The van der Waals surface area contributed by atoms with Gasteiger partial charge in [-0.2, -0.15) is 26.7 Å². The van der Waals surface area contributed by atoms with Gasteiger partial charge in [-0.15, -0.1) is 0 Å². The zero-order valence-corrected chi connectivity index (χ0v) is 43.0. The number of nitrogens with two attached hydrogens (primary N) is 1. The fourth-order valence-electron chi connectivity index (χ4n) is 10.6. The number of phosphoric acid groups is 3. The van der Waals surface area contributed by atoms with Crippen LogP contribution in [0.25, 0.3) is 5.57 Å². The molecule has 10 N–H and O–H groups in total. The average molecular weight is 1130 g/mol. The Hall–Kier alpha value is -4.72. The van der Waals surface area contributed by atoms with Gasteiger partial charge >= 0.3 is 29.2 Å². The molecule has 0 aliphatic carbocycles. The van der Waals surface area contributed by atoms with Crippen LogP contribution in [0, 0.1) is 11.8 Å². The molecule has 1 fully saturated rings. The van der Waals surface area contributed by atoms with Gasteiger partial charge in [-0.05, 0) is 68.4 Å². The maximum absolute atomic E-state index is 13.9. The smallest absolute Gasteiger partial charge is 0.455 e. The molecule has 74 heavy (non-hydrogen) atoms. The fourth-order valence-corrected chi connectivity index (χ4v) is 15.4. The molecule has 2 unspecified atom stereocenters. The first-order chi connectivity index (χ1) is 34.8. The van der Waals surface area contributed by atoms with Crippen LogP contribution in [-0.4, -0.2) is 118 Å². The van der Waals surface area contributed by atoms with Crippen molar-refractivity contribution in [2.24, 2.45) is 0 Å². The summed E-state index contributed by atoms with van der Waals surface area (Å²) in [5.41, 5.74) is 11.1. The van der Waals surface area contributed by atoms with E-state index in [1.165, 1.54) is 12.1 Å². The second-order valence-corrected chi connectivity index (χ2v) is 25.8. The second-order valence-electron chi connectivity index (χ2n) is 18.3. The topological polar surface area (TPSA) is 386 Å². The number of aliphatic hydroxyl groups is 2. The van der Waals surface area contributed by atoms with Gasteiger partial charge in [-0.25, -0.2) is 31.5 Å². The third-order valence-corrected chi connectivity index (χ3v) is 19.6. The van der Waals surface area contributed by atoms with Gasteiger partial charge in [0, 0.05) is 70.9 Å². The highest BCUT2D eigenvalue weighted by Gasteiger charge is 2.47. The molecule has 0 bridgehead atoms. The molecule has 1 saturated heterocycles. The van der Waals surface area contributed by atoms with E-state index >= 15 is 0 Å². The minimum atomic E-state index is -5.89. The fraction of sp³-hybridized carbons (Fsp3) is 0.419. The molecule has 26 nitrogen and oxygen atoms in total. The Bertz CT molecular complexity index is 3700. The van der Waals surface area contributed by atoms with Crippen LogP contribution in [0.4, 0.5) is 11.5 Å². The predicted molar refractivity (Wildman–Crippen MR) is 257 cm³/mol. The Morgan fingerprint density at radius 1 is 0.865 bits per heavy atom. The van der Waals surface area contributed by atoms with Crippen molar-refractivity contribution in [3.63, 3.8) is 0 Å². The maximum Gasteiger partial charge on any atom is 0.490 e. The zero-order chi connectivity index (χ0) is 52.9. The molecule has 6 aliphatic heterocycles. The second kappa shape index (κ2) is 19.4. The standard InChI is InChI=1S/C43H47N6O20P3S2/c44-41-25(21-49(43(52)46-41)42-38(51)37(50)32(66-42)22-65-71(56,57)69-72(58,59)68-70(53,54)55)6-1-13-45-73(60,61)26-11-12-27(33(20-26)74(62,63)64)34-30-18-23-7-2-14-47-16-4-9-28(35(23)47)39(30)67-40-29-10-5-17-48-15-3-8-24(36(29)48)19-31(34)40/h11-12,18-21,32,37-38,42,45,50-51H,2-5,7-10,13-17,22H2,(H6-,44,46,52,53,54,55,56,57,58,59,62,63,64)/p+1/t32-,37-,38-,42-/m1/s1. The molecular weight excluding hydrogens is 1080 g/mol. The van der Waals surface area contributed by atoms with Crippen LogP contribution in [0.5, 0.6) is 11.5 Å². The molecule has 396 valence electrons. The van der Waals surface area contributed by atoms with Crippen molar-refractivity contribution >= 4 is 60.7 Å². The highest BCUT2D eigenvalue weighted by atomic mass is 32.2. The molecule has 4 aromatic rings. The monoisotopic (exact) mass is 1130 g/mol. The number of aromatic nitrogens is 2. The van der Waals surface area contributed by atoms with Crippen molar-refractivity contribution in [3.8, 4) is 23.3 Å². The summed E-state index contributed by atoms with van der Waals surface area (Å²) < 4.78 is 130. The third-order valence-electron chi connectivity index (χ3n) is 13.5. The number of phosphoric ester groups is 1. The van der Waals surface area contributed by atoms with Crippen LogP contribution in [0.2, 0.25) is 0 Å². The van der Waals surface area contributed by atoms with E-state index in [2.05, 4.69) is 44.2 Å². The summed E-state index contributed by atoms with van der Waals surface area (Å²) in [5.74, 6) is 5.79. The van der Waals surface area contributed by atoms with Crippen molar-refractivity contribution in [3.05, 3.63) is 96.5 Å². The summed E-state index contributed by atoms with van der Waals surface area (Å²) in [6, 6.07) is 7.56. The summed E-state index contributed by atoms with van der Waals surface area (Å²) in [6.07, 6.45) is 0.0828. The zero-order valence-electron chi connectivity index (χ0n) is 38.6. The lowest BCUT2D eigenvalue weighted by atomic mass is 9.82. The highest BCUT2D eigenvalue weighted by Crippen LogP contribution is 2.66. The first-order valence-corrected chi connectivity index (χ1v) is 30.5. The molecular formula is C43H48N6O20P3S2+. The molecule has 0 spiro atoms. The van der Waals surface area contributed by atoms with Crippen LogP contribution >= 0.6 is 23.5 Å². The summed E-state index contributed by atoms with van der Waals surface area (Å²) in [6.45, 7) is 1.79. The number of nitrogens with zero attached hydrogens (tertiary/aromatic N) is 4. The molecule has 10 rings (SSSR count). The van der Waals surface area contributed by atoms with Crippen LogP contribution < -0.4 is 40.9 Å². The van der Waals surface area contributed by atoms with Gasteiger partial charge in [0.25, 0.3) is 10.1 Å². The Morgan fingerprint density at radius 2 is 1.57 bits per heavy atom. The Labute approximate surface area is 420 Å². The first kappa shape index (κ1) is 52.7. The largest absolute Gasteiger partial charge is 0.490 e. The van der Waals surface area contributed by atoms with Crippen molar-refractivity contribution in [1.29, 1.82) is 0 Å². The van der Waals surface area contributed by atoms with Crippen molar-refractivity contribution in [2.45, 2.75) is 85.7 Å². The molecule has 7 heterocycles. The molecule has 31 heteroatoms. The number of ether oxygens (including phenoxy) is 2. The van der Waals surface area contributed by atoms with Crippen LogP contribution in [-0.2, 0) is 77.4 Å². The lowest BCUT2D eigenvalue weighted by Gasteiger charge is -2.39. The first-order valence-electron chi connectivity index (χ1n) is 23.0. The van der Waals surface area contributed by atoms with Crippen molar-refractivity contribution in [1.82, 2.24) is 18.8 Å². The number of nitrogen functional groups attached to an aromatic ring is 1. The number of hydrogen-bond acceptors (Lipinski definition) is 18. The quantitative estimate of drug-likeness (QED) is 0.0319. The van der Waals surface area contributed by atoms with Gasteiger partial charge in [0.15, 0.2) is 6.23 Å². The average Bonchev–Trinajstić information content (AvgIpc) is 3.60. The van der Waals surface area contributed by atoms with Crippen molar-refractivity contribution < 1.29 is 87.5 Å². The number of aryl methyl sites for hydroxylation is 2. The van der Waals surface area contributed by atoms with E-state index in [9.17, 15) is 59.9 Å². The summed E-state index contributed by atoms with van der Waals surface area (Å²) in [4.78, 5) is 54.4. The predicted octanol–water partition coefficient (Wildman–Crippen LogP) is -0.200. The van der Waals surface area contributed by atoms with Gasteiger partial charge in [0.2, 0.25) is 15.4 Å². The lowest BCUT2D eigenvalue weighted by Crippen LogP contribution is -2.45. The van der Waals surface area contributed by atoms with Gasteiger partial charge in [0.1, 0.15) is 53.6 Å². The summed E-state index contributed by atoms with van der Waals surface area (Å²) in [7, 11) is -27.0. The van der Waals surface area contributed by atoms with Gasteiger partial charge in [0.05, 0.1) is 29.2 Å². The minimum absolute atomic E-state index is 0.0795. The number of fused-ring (bicyclic) bond motifs is 4. The number of hydrogen-bond donors (Lipinski definition) is 9. The number of benzene rings is 3. The van der Waals surface area contributed by atoms with Gasteiger partial charge in [-0.3, -0.25) is 13.6 Å². The third kappa shape index (κ3) is 10.2. The summed E-state index contributed by atoms with van der Waals surface area (Å²) >= 11 is 0. The number of rotatable bonds is 13. The molecule has 0 saturated carbocycles. The highest BCUT2D eigenvalue weighted by molar-refractivity contribution is 7.89. The van der Waals surface area contributed by atoms with Crippen molar-refractivity contribution in [2.75, 3.05) is 50.0 Å². The van der Waals surface area contributed by atoms with E-state index in [-0.39, 0.29) is 11.1 Å². The van der Waals surface area contributed by atoms with E-state index in [1.807, 2.05) is 12.1 Å². The van der Waals surface area contributed by atoms with E-state index < -0.39 is 103 Å². The van der Waals surface area contributed by atoms with Crippen LogP contribution in [0.3, 0.4) is 0 Å². The molecule has 1 aromatic heterocycles. The van der Waals surface area contributed by atoms with E-state index in [4.69, 9.17) is 25.0 Å².